The van der Waals surface area contributed by atoms with Gasteiger partial charge in [0.05, 0.1) is 10.6 Å². The van der Waals surface area contributed by atoms with Crippen LogP contribution in [0.15, 0.2) is 30.6 Å². The molecule has 0 fully saturated rings. The van der Waals surface area contributed by atoms with E-state index in [1.165, 1.54) is 18.5 Å². The van der Waals surface area contributed by atoms with Gasteiger partial charge >= 0.3 is 5.97 Å². The number of halogens is 1. The minimum absolute atomic E-state index is 0.220. The summed E-state index contributed by atoms with van der Waals surface area (Å²) in [6.45, 7) is 0. The first-order chi connectivity index (χ1) is 6.70. The van der Waals surface area contributed by atoms with Gasteiger partial charge in [0, 0.05) is 23.2 Å². The molecule has 0 unspecified atom stereocenters. The van der Waals surface area contributed by atoms with Gasteiger partial charge in [0.25, 0.3) is 0 Å². The number of pyridine rings is 1. The average Bonchev–Trinajstić information content (AvgIpc) is 2.17. The Kier molecular flexibility index (Phi) is 2.09. The van der Waals surface area contributed by atoms with Crippen molar-refractivity contribution in [1.82, 2.24) is 4.98 Å². The third-order valence-corrected chi connectivity index (χ3v) is 2.29. The van der Waals surface area contributed by atoms with E-state index in [0.717, 1.165) is 0 Å². The average molecular weight is 208 g/mol. The Balaban J connectivity index is 2.88. The fourth-order valence-corrected chi connectivity index (χ4v) is 1.57. The Morgan fingerprint density at radius 3 is 2.79 bits per heavy atom. The Morgan fingerprint density at radius 1 is 1.29 bits per heavy atom. The highest BCUT2D eigenvalue weighted by Gasteiger charge is 2.09. The van der Waals surface area contributed by atoms with E-state index in [4.69, 9.17) is 16.7 Å². The first kappa shape index (κ1) is 8.97. The Bertz CT molecular complexity index is 510. The molecular formula is C10H6ClNO2. The van der Waals surface area contributed by atoms with Crippen LogP contribution in [0.25, 0.3) is 10.8 Å². The predicted molar refractivity (Wildman–Crippen MR) is 53.7 cm³/mol. The van der Waals surface area contributed by atoms with Crippen molar-refractivity contribution in [3.63, 3.8) is 0 Å². The predicted octanol–water partition coefficient (Wildman–Crippen LogP) is 2.59. The van der Waals surface area contributed by atoms with Crippen molar-refractivity contribution in [2.45, 2.75) is 0 Å². The Labute approximate surface area is 85.0 Å². The fraction of sp³-hybridized carbons (Fsp3) is 0. The highest BCUT2D eigenvalue weighted by Crippen LogP contribution is 2.24. The van der Waals surface area contributed by atoms with Crippen molar-refractivity contribution in [3.8, 4) is 0 Å². The molecule has 0 aliphatic carbocycles. The highest BCUT2D eigenvalue weighted by molar-refractivity contribution is 6.35. The lowest BCUT2D eigenvalue weighted by Crippen LogP contribution is -1.97. The van der Waals surface area contributed by atoms with Crippen LogP contribution < -0.4 is 0 Å². The van der Waals surface area contributed by atoms with E-state index in [9.17, 15) is 4.79 Å². The molecule has 3 nitrogen and oxygen atoms in total. The summed E-state index contributed by atoms with van der Waals surface area (Å²) in [4.78, 5) is 14.7. The lowest BCUT2D eigenvalue weighted by molar-refractivity contribution is 0.0699. The van der Waals surface area contributed by atoms with Gasteiger partial charge in [0.1, 0.15) is 0 Å². The molecule has 1 aromatic heterocycles. The van der Waals surface area contributed by atoms with Gasteiger partial charge < -0.3 is 5.11 Å². The summed E-state index contributed by atoms with van der Waals surface area (Å²) in [5.41, 5.74) is 0.220. The number of carbonyl (C=O) groups is 1. The first-order valence-electron chi connectivity index (χ1n) is 3.95. The number of hydrogen-bond acceptors (Lipinski definition) is 2. The van der Waals surface area contributed by atoms with Gasteiger partial charge in [-0.15, -0.1) is 0 Å². The lowest BCUT2D eigenvalue weighted by Gasteiger charge is -2.02. The van der Waals surface area contributed by atoms with E-state index in [0.29, 0.717) is 15.8 Å². The van der Waals surface area contributed by atoms with Crippen molar-refractivity contribution in [2.24, 2.45) is 0 Å². The number of rotatable bonds is 1. The highest BCUT2D eigenvalue weighted by atomic mass is 35.5. The molecular weight excluding hydrogens is 202 g/mol. The summed E-state index contributed by atoms with van der Waals surface area (Å²) >= 11 is 5.88. The fourth-order valence-electron chi connectivity index (χ4n) is 1.35. The van der Waals surface area contributed by atoms with Crippen LogP contribution in [-0.4, -0.2) is 16.1 Å². The molecule has 1 heterocycles. The molecule has 1 aromatic carbocycles. The van der Waals surface area contributed by atoms with Crippen LogP contribution >= 0.6 is 11.6 Å². The van der Waals surface area contributed by atoms with Crippen molar-refractivity contribution in [1.29, 1.82) is 0 Å². The van der Waals surface area contributed by atoms with Crippen LogP contribution in [0.4, 0.5) is 0 Å². The molecule has 4 heteroatoms. The third-order valence-electron chi connectivity index (χ3n) is 1.99. The summed E-state index contributed by atoms with van der Waals surface area (Å²) in [5, 5.41) is 10.6. The van der Waals surface area contributed by atoms with Crippen LogP contribution in [0.2, 0.25) is 5.02 Å². The second kappa shape index (κ2) is 3.27. The zero-order valence-electron chi connectivity index (χ0n) is 7.07. The summed E-state index contributed by atoms with van der Waals surface area (Å²) in [5.74, 6) is -0.973. The first-order valence-corrected chi connectivity index (χ1v) is 4.33. The van der Waals surface area contributed by atoms with Crippen LogP contribution in [0, 0.1) is 0 Å². The van der Waals surface area contributed by atoms with Gasteiger partial charge in [-0.05, 0) is 6.07 Å². The molecule has 2 rings (SSSR count). The molecule has 0 amide bonds. The SMILES string of the molecule is O=C(O)c1cccc2c(Cl)cncc12. The summed E-state index contributed by atoms with van der Waals surface area (Å²) < 4.78 is 0. The van der Waals surface area contributed by atoms with E-state index in [1.54, 1.807) is 12.1 Å². The van der Waals surface area contributed by atoms with E-state index in [2.05, 4.69) is 4.98 Å². The largest absolute Gasteiger partial charge is 0.478 e. The molecule has 0 aliphatic rings. The third kappa shape index (κ3) is 1.32. The van der Waals surface area contributed by atoms with Crippen molar-refractivity contribution in [2.75, 3.05) is 0 Å². The normalized spacial score (nSPS) is 10.4. The molecule has 1 N–H and O–H groups in total. The van der Waals surface area contributed by atoms with Gasteiger partial charge in [0.15, 0.2) is 0 Å². The maximum Gasteiger partial charge on any atom is 0.336 e. The number of carboxylic acid groups (broad SMARTS) is 1. The maximum atomic E-state index is 10.9. The second-order valence-corrected chi connectivity index (χ2v) is 3.23. The summed E-state index contributed by atoms with van der Waals surface area (Å²) in [7, 11) is 0. The molecule has 0 atom stereocenters. The zero-order chi connectivity index (χ0) is 10.1. The van der Waals surface area contributed by atoms with Gasteiger partial charge in [0.2, 0.25) is 0 Å². The van der Waals surface area contributed by atoms with Crippen LogP contribution in [-0.2, 0) is 0 Å². The van der Waals surface area contributed by atoms with Crippen LogP contribution in [0.1, 0.15) is 10.4 Å². The molecule has 14 heavy (non-hydrogen) atoms. The number of aromatic carboxylic acids is 1. The molecule has 0 radical (unpaired) electrons. The lowest BCUT2D eigenvalue weighted by atomic mass is 10.1. The van der Waals surface area contributed by atoms with E-state index < -0.39 is 5.97 Å². The van der Waals surface area contributed by atoms with E-state index in [1.807, 2.05) is 0 Å². The molecule has 0 spiro atoms. The second-order valence-electron chi connectivity index (χ2n) is 2.83. The Hall–Kier alpha value is -1.61. The zero-order valence-corrected chi connectivity index (χ0v) is 7.82. The summed E-state index contributed by atoms with van der Waals surface area (Å²) in [6, 6.07) is 4.96. The molecule has 0 bridgehead atoms. The summed E-state index contributed by atoms with van der Waals surface area (Å²) in [6.07, 6.45) is 3.00. The van der Waals surface area contributed by atoms with E-state index >= 15 is 0 Å². The van der Waals surface area contributed by atoms with Crippen LogP contribution in [0.5, 0.6) is 0 Å². The Morgan fingerprint density at radius 2 is 2.07 bits per heavy atom. The number of nitrogens with zero attached hydrogens (tertiary/aromatic N) is 1. The topological polar surface area (TPSA) is 50.2 Å². The van der Waals surface area contributed by atoms with Crippen molar-refractivity contribution >= 4 is 28.3 Å². The number of fused-ring (bicyclic) bond motifs is 1. The monoisotopic (exact) mass is 207 g/mol. The van der Waals surface area contributed by atoms with Crippen molar-refractivity contribution in [3.05, 3.63) is 41.2 Å². The number of aromatic nitrogens is 1. The quantitative estimate of drug-likeness (QED) is 0.782. The smallest absolute Gasteiger partial charge is 0.336 e. The van der Waals surface area contributed by atoms with E-state index in [-0.39, 0.29) is 5.56 Å². The molecule has 2 aromatic rings. The number of hydrogen-bond donors (Lipinski definition) is 1. The van der Waals surface area contributed by atoms with Gasteiger partial charge in [-0.1, -0.05) is 23.7 Å². The molecule has 0 saturated carbocycles. The molecule has 0 saturated heterocycles. The number of benzene rings is 1. The van der Waals surface area contributed by atoms with Gasteiger partial charge in [-0.25, -0.2) is 4.79 Å². The minimum atomic E-state index is -0.973. The van der Waals surface area contributed by atoms with Crippen molar-refractivity contribution < 1.29 is 9.90 Å². The molecule has 0 aliphatic heterocycles. The van der Waals surface area contributed by atoms with Gasteiger partial charge in [-0.3, -0.25) is 4.98 Å². The number of carboxylic acids is 1. The standard InChI is InChI=1S/C10H6ClNO2/c11-9-5-12-4-8-6(9)2-1-3-7(8)10(13)14/h1-5H,(H,13,14). The maximum absolute atomic E-state index is 10.9. The molecule has 70 valence electrons. The minimum Gasteiger partial charge on any atom is -0.478 e. The van der Waals surface area contributed by atoms with Gasteiger partial charge in [-0.2, -0.15) is 0 Å². The van der Waals surface area contributed by atoms with Crippen LogP contribution in [0.3, 0.4) is 0 Å².